The van der Waals surface area contributed by atoms with Crippen molar-refractivity contribution in [3.63, 3.8) is 0 Å². The van der Waals surface area contributed by atoms with Gasteiger partial charge in [-0.25, -0.2) is 9.48 Å². The number of anilines is 1. The van der Waals surface area contributed by atoms with Crippen molar-refractivity contribution in [1.82, 2.24) is 15.0 Å². The van der Waals surface area contributed by atoms with Gasteiger partial charge in [0.2, 0.25) is 0 Å². The normalized spacial score (nSPS) is 11.2. The SMILES string of the molecule is CCN(CC)c1ccc2cc(-n3cc(CCCO)nn3)c(=O)oc2c1. The minimum atomic E-state index is -0.456. The average Bonchev–Trinajstić information content (AvgIpc) is 3.09. The van der Waals surface area contributed by atoms with Crippen molar-refractivity contribution in [3.8, 4) is 5.69 Å². The number of rotatable bonds is 7. The number of aliphatic hydroxyl groups is 1. The Morgan fingerprint density at radius 3 is 2.76 bits per heavy atom. The van der Waals surface area contributed by atoms with E-state index in [1.165, 1.54) is 4.68 Å². The maximum absolute atomic E-state index is 12.4. The van der Waals surface area contributed by atoms with Crippen LogP contribution in [0.4, 0.5) is 5.69 Å². The van der Waals surface area contributed by atoms with Crippen LogP contribution in [0.5, 0.6) is 0 Å². The maximum Gasteiger partial charge on any atom is 0.362 e. The minimum absolute atomic E-state index is 0.0971. The topological polar surface area (TPSA) is 84.4 Å². The first-order chi connectivity index (χ1) is 12.2. The van der Waals surface area contributed by atoms with Crippen molar-refractivity contribution in [2.75, 3.05) is 24.6 Å². The second-order valence-electron chi connectivity index (χ2n) is 5.80. The molecule has 0 spiro atoms. The molecule has 0 aliphatic rings. The van der Waals surface area contributed by atoms with Crippen LogP contribution in [-0.4, -0.2) is 39.8 Å². The Labute approximate surface area is 145 Å². The number of aromatic nitrogens is 3. The molecule has 3 aromatic rings. The van der Waals surface area contributed by atoms with E-state index >= 15 is 0 Å². The van der Waals surface area contributed by atoms with Crippen LogP contribution in [-0.2, 0) is 6.42 Å². The van der Waals surface area contributed by atoms with Crippen LogP contribution >= 0.6 is 0 Å². The molecular formula is C18H22N4O3. The number of nitrogens with zero attached hydrogens (tertiary/aromatic N) is 4. The van der Waals surface area contributed by atoms with Crippen LogP contribution in [0, 0.1) is 0 Å². The Hall–Kier alpha value is -2.67. The summed E-state index contributed by atoms with van der Waals surface area (Å²) < 4.78 is 6.93. The van der Waals surface area contributed by atoms with Gasteiger partial charge in [0.05, 0.1) is 11.9 Å². The Balaban J connectivity index is 1.98. The molecule has 7 heteroatoms. The number of aryl methyl sites for hydroxylation is 1. The van der Waals surface area contributed by atoms with E-state index in [2.05, 4.69) is 29.1 Å². The lowest BCUT2D eigenvalue weighted by atomic mass is 10.2. The summed E-state index contributed by atoms with van der Waals surface area (Å²) in [5.74, 6) is 0. The summed E-state index contributed by atoms with van der Waals surface area (Å²) in [5, 5.41) is 17.7. The standard InChI is InChI=1S/C18H22N4O3/c1-3-21(4-2)15-8-7-13-10-16(18(24)25-17(13)11-15)22-12-14(19-20-22)6-5-9-23/h7-8,10-12,23H,3-6,9H2,1-2H3. The lowest BCUT2D eigenvalue weighted by molar-refractivity contribution is 0.288. The number of fused-ring (bicyclic) bond motifs is 1. The summed E-state index contributed by atoms with van der Waals surface area (Å²) in [6.45, 7) is 6.05. The summed E-state index contributed by atoms with van der Waals surface area (Å²) in [6.07, 6.45) is 2.92. The van der Waals surface area contributed by atoms with Gasteiger partial charge in [-0.15, -0.1) is 5.10 Å². The van der Waals surface area contributed by atoms with E-state index in [0.29, 0.717) is 24.1 Å². The molecule has 7 nitrogen and oxygen atoms in total. The molecule has 0 aliphatic carbocycles. The van der Waals surface area contributed by atoms with Crippen molar-refractivity contribution in [1.29, 1.82) is 0 Å². The van der Waals surface area contributed by atoms with Gasteiger partial charge >= 0.3 is 5.63 Å². The van der Waals surface area contributed by atoms with Crippen LogP contribution < -0.4 is 10.5 Å². The van der Waals surface area contributed by atoms with Crippen LogP contribution in [0.1, 0.15) is 26.0 Å². The monoisotopic (exact) mass is 342 g/mol. The highest BCUT2D eigenvalue weighted by Crippen LogP contribution is 2.22. The highest BCUT2D eigenvalue weighted by atomic mass is 16.4. The Morgan fingerprint density at radius 1 is 1.24 bits per heavy atom. The fourth-order valence-corrected chi connectivity index (χ4v) is 2.83. The molecule has 0 aliphatic heterocycles. The van der Waals surface area contributed by atoms with Crippen molar-refractivity contribution < 1.29 is 9.52 Å². The van der Waals surface area contributed by atoms with E-state index in [4.69, 9.17) is 9.52 Å². The van der Waals surface area contributed by atoms with Gasteiger partial charge < -0.3 is 14.4 Å². The summed E-state index contributed by atoms with van der Waals surface area (Å²) in [5.41, 5.74) is 2.18. The van der Waals surface area contributed by atoms with E-state index in [1.807, 2.05) is 18.2 Å². The van der Waals surface area contributed by atoms with Gasteiger partial charge in [0.1, 0.15) is 5.58 Å². The summed E-state index contributed by atoms with van der Waals surface area (Å²) in [6, 6.07) is 7.62. The fourth-order valence-electron chi connectivity index (χ4n) is 2.83. The molecule has 1 aromatic carbocycles. The lowest BCUT2D eigenvalue weighted by Gasteiger charge is -2.20. The second-order valence-corrected chi connectivity index (χ2v) is 5.80. The van der Waals surface area contributed by atoms with Gasteiger partial charge in [-0.3, -0.25) is 0 Å². The molecule has 0 bridgehead atoms. The van der Waals surface area contributed by atoms with Gasteiger partial charge in [0, 0.05) is 36.8 Å². The predicted octanol–water partition coefficient (Wildman–Crippen LogP) is 2.14. The molecule has 0 atom stereocenters. The number of hydrogen-bond donors (Lipinski definition) is 1. The van der Waals surface area contributed by atoms with Crippen molar-refractivity contribution in [2.24, 2.45) is 0 Å². The first-order valence-corrected chi connectivity index (χ1v) is 8.51. The highest BCUT2D eigenvalue weighted by molar-refractivity contribution is 5.82. The molecule has 0 amide bonds. The van der Waals surface area contributed by atoms with Crippen LogP contribution in [0.15, 0.2) is 39.7 Å². The third kappa shape index (κ3) is 3.56. The molecular weight excluding hydrogens is 320 g/mol. The van der Waals surface area contributed by atoms with E-state index in [9.17, 15) is 4.79 Å². The van der Waals surface area contributed by atoms with E-state index in [1.54, 1.807) is 12.3 Å². The van der Waals surface area contributed by atoms with Crippen LogP contribution in [0.25, 0.3) is 16.7 Å². The van der Waals surface area contributed by atoms with Crippen molar-refractivity contribution in [2.45, 2.75) is 26.7 Å². The zero-order chi connectivity index (χ0) is 17.8. The van der Waals surface area contributed by atoms with Gasteiger partial charge in [0.25, 0.3) is 0 Å². The number of aliphatic hydroxyl groups excluding tert-OH is 1. The Morgan fingerprint density at radius 2 is 2.04 bits per heavy atom. The molecule has 0 saturated carbocycles. The second kappa shape index (κ2) is 7.48. The van der Waals surface area contributed by atoms with Gasteiger partial charge in [-0.1, -0.05) is 5.21 Å². The zero-order valence-corrected chi connectivity index (χ0v) is 14.5. The average molecular weight is 342 g/mol. The first kappa shape index (κ1) is 17.2. The van der Waals surface area contributed by atoms with Gasteiger partial charge in [-0.2, -0.15) is 0 Å². The van der Waals surface area contributed by atoms with Crippen LogP contribution in [0.2, 0.25) is 0 Å². The Kier molecular flexibility index (Phi) is 5.14. The third-order valence-corrected chi connectivity index (χ3v) is 4.21. The smallest absolute Gasteiger partial charge is 0.362 e. The van der Waals surface area contributed by atoms with E-state index in [-0.39, 0.29) is 6.61 Å². The maximum atomic E-state index is 12.4. The molecule has 2 heterocycles. The molecule has 3 rings (SSSR count). The minimum Gasteiger partial charge on any atom is -0.421 e. The van der Waals surface area contributed by atoms with E-state index in [0.717, 1.165) is 29.9 Å². The molecule has 0 saturated heterocycles. The van der Waals surface area contributed by atoms with Crippen molar-refractivity contribution in [3.05, 3.63) is 46.6 Å². The highest BCUT2D eigenvalue weighted by Gasteiger charge is 2.11. The zero-order valence-electron chi connectivity index (χ0n) is 14.5. The first-order valence-electron chi connectivity index (χ1n) is 8.51. The van der Waals surface area contributed by atoms with Gasteiger partial charge in [-0.05, 0) is 44.9 Å². The largest absolute Gasteiger partial charge is 0.421 e. The summed E-state index contributed by atoms with van der Waals surface area (Å²) >= 11 is 0. The molecule has 1 N–H and O–H groups in total. The Bertz CT molecular complexity index is 912. The summed E-state index contributed by atoms with van der Waals surface area (Å²) in [7, 11) is 0. The summed E-state index contributed by atoms with van der Waals surface area (Å²) in [4.78, 5) is 14.6. The van der Waals surface area contributed by atoms with Crippen molar-refractivity contribution >= 4 is 16.7 Å². The third-order valence-electron chi connectivity index (χ3n) is 4.21. The molecule has 25 heavy (non-hydrogen) atoms. The molecule has 2 aromatic heterocycles. The fraction of sp³-hybridized carbons (Fsp3) is 0.389. The molecule has 132 valence electrons. The molecule has 0 fully saturated rings. The number of hydrogen-bond acceptors (Lipinski definition) is 6. The molecule has 0 unspecified atom stereocenters. The van der Waals surface area contributed by atoms with Gasteiger partial charge in [0.15, 0.2) is 5.69 Å². The quantitative estimate of drug-likeness (QED) is 0.662. The van der Waals surface area contributed by atoms with E-state index < -0.39 is 5.63 Å². The number of benzene rings is 1. The molecule has 0 radical (unpaired) electrons. The van der Waals surface area contributed by atoms with Crippen LogP contribution in [0.3, 0.4) is 0 Å². The predicted molar refractivity (Wildman–Crippen MR) is 96.4 cm³/mol. The lowest BCUT2D eigenvalue weighted by Crippen LogP contribution is -2.21.